The second-order valence-corrected chi connectivity index (χ2v) is 5.61. The minimum Gasteiger partial charge on any atom is -0.378 e. The number of para-hydroxylation sites is 1. The molecule has 1 fully saturated rings. The molecule has 1 aromatic rings. The first kappa shape index (κ1) is 19.7. The van der Waals surface area contributed by atoms with Crippen LogP contribution in [-0.2, 0) is 25.5 Å². The monoisotopic (exact) mass is 354 g/mol. The second kappa shape index (κ2) is 11.9. The molecule has 0 N–H and O–H groups in total. The first-order chi connectivity index (χ1) is 12.3. The number of ether oxygens (including phenoxy) is 4. The molecule has 25 heavy (non-hydrogen) atoms. The molecule has 0 aliphatic carbocycles. The van der Waals surface area contributed by atoms with Crippen LogP contribution in [0, 0.1) is 10.1 Å². The number of hydrogen-bond donors (Lipinski definition) is 0. The lowest BCUT2D eigenvalue weighted by atomic mass is 10.1. The van der Waals surface area contributed by atoms with Crippen molar-refractivity contribution in [3.8, 4) is 0 Å². The third-order valence-corrected chi connectivity index (χ3v) is 3.80. The van der Waals surface area contributed by atoms with Crippen molar-refractivity contribution in [3.63, 3.8) is 0 Å². The van der Waals surface area contributed by atoms with Gasteiger partial charge in [0, 0.05) is 31.3 Å². The molecule has 8 heteroatoms. The van der Waals surface area contributed by atoms with E-state index in [0.29, 0.717) is 78.1 Å². The van der Waals surface area contributed by atoms with Gasteiger partial charge in [-0.3, -0.25) is 15.0 Å². The zero-order chi connectivity index (χ0) is 17.7. The van der Waals surface area contributed by atoms with Crippen molar-refractivity contribution in [2.24, 2.45) is 0 Å². The van der Waals surface area contributed by atoms with Gasteiger partial charge in [0.2, 0.25) is 0 Å². The summed E-state index contributed by atoms with van der Waals surface area (Å²) >= 11 is 0. The molecule has 0 spiro atoms. The number of rotatable bonds is 3. The molecule has 1 heterocycles. The van der Waals surface area contributed by atoms with Gasteiger partial charge in [-0.25, -0.2) is 0 Å². The summed E-state index contributed by atoms with van der Waals surface area (Å²) in [7, 11) is 0. The van der Waals surface area contributed by atoms with Crippen molar-refractivity contribution in [1.82, 2.24) is 4.90 Å². The Bertz CT molecular complexity index is 498. The van der Waals surface area contributed by atoms with E-state index in [1.165, 1.54) is 6.07 Å². The molecule has 0 atom stereocenters. The number of nitro groups is 1. The Morgan fingerprint density at radius 3 is 1.84 bits per heavy atom. The molecule has 8 nitrogen and oxygen atoms in total. The fourth-order valence-electron chi connectivity index (χ4n) is 2.48. The van der Waals surface area contributed by atoms with Gasteiger partial charge in [-0.15, -0.1) is 0 Å². The van der Waals surface area contributed by atoms with Gasteiger partial charge in [-0.05, 0) is 0 Å². The average molecular weight is 354 g/mol. The highest BCUT2D eigenvalue weighted by Gasteiger charge is 2.15. The van der Waals surface area contributed by atoms with E-state index in [1.807, 2.05) is 6.07 Å². The summed E-state index contributed by atoms with van der Waals surface area (Å²) in [5.74, 6) is 0. The lowest BCUT2D eigenvalue weighted by Crippen LogP contribution is -2.31. The van der Waals surface area contributed by atoms with Crippen LogP contribution in [0.5, 0.6) is 0 Å². The van der Waals surface area contributed by atoms with Crippen molar-refractivity contribution in [3.05, 3.63) is 39.9 Å². The first-order valence-electron chi connectivity index (χ1n) is 8.53. The van der Waals surface area contributed by atoms with Gasteiger partial charge in [-0.2, -0.15) is 0 Å². The van der Waals surface area contributed by atoms with Gasteiger partial charge >= 0.3 is 0 Å². The highest BCUT2D eigenvalue weighted by atomic mass is 16.6. The van der Waals surface area contributed by atoms with Gasteiger partial charge in [0.25, 0.3) is 5.69 Å². The minimum absolute atomic E-state index is 0.141. The number of nitrogens with zero attached hydrogens (tertiary/aromatic N) is 2. The highest BCUT2D eigenvalue weighted by Crippen LogP contribution is 2.19. The lowest BCUT2D eigenvalue weighted by molar-refractivity contribution is -0.385. The Hall–Kier alpha value is -1.58. The van der Waals surface area contributed by atoms with Crippen LogP contribution in [0.25, 0.3) is 0 Å². The van der Waals surface area contributed by atoms with Crippen molar-refractivity contribution in [1.29, 1.82) is 0 Å². The van der Waals surface area contributed by atoms with Gasteiger partial charge < -0.3 is 18.9 Å². The van der Waals surface area contributed by atoms with E-state index in [1.54, 1.807) is 12.1 Å². The highest BCUT2D eigenvalue weighted by molar-refractivity contribution is 5.39. The lowest BCUT2D eigenvalue weighted by Gasteiger charge is -2.22. The van der Waals surface area contributed by atoms with Crippen LogP contribution < -0.4 is 0 Å². The standard InChI is InChI=1S/C17H26N2O6/c20-19(21)17-4-2-1-3-16(17)15-18-5-7-22-9-11-24-13-14-25-12-10-23-8-6-18/h1-4H,5-15H2. The van der Waals surface area contributed by atoms with Crippen molar-refractivity contribution >= 4 is 5.69 Å². The Balaban J connectivity index is 1.91. The topological polar surface area (TPSA) is 83.3 Å². The van der Waals surface area contributed by atoms with Crippen LogP contribution in [0.2, 0.25) is 0 Å². The summed E-state index contributed by atoms with van der Waals surface area (Å²) < 4.78 is 21.9. The molecule has 0 bridgehead atoms. The number of nitro benzene ring substituents is 1. The summed E-state index contributed by atoms with van der Waals surface area (Å²) in [5.41, 5.74) is 0.833. The molecule has 0 radical (unpaired) electrons. The maximum absolute atomic E-state index is 11.2. The van der Waals surface area contributed by atoms with Crippen molar-refractivity contribution in [2.45, 2.75) is 6.54 Å². The third-order valence-electron chi connectivity index (χ3n) is 3.80. The van der Waals surface area contributed by atoms with Crippen LogP contribution in [-0.4, -0.2) is 75.8 Å². The van der Waals surface area contributed by atoms with Crippen molar-refractivity contribution in [2.75, 3.05) is 65.9 Å². The molecular weight excluding hydrogens is 328 g/mol. The van der Waals surface area contributed by atoms with E-state index >= 15 is 0 Å². The van der Waals surface area contributed by atoms with E-state index < -0.39 is 0 Å². The van der Waals surface area contributed by atoms with Gasteiger partial charge in [-0.1, -0.05) is 18.2 Å². The molecule has 2 rings (SSSR count). The van der Waals surface area contributed by atoms with E-state index in [0.717, 1.165) is 0 Å². The van der Waals surface area contributed by atoms with Crippen LogP contribution in [0.15, 0.2) is 24.3 Å². The smallest absolute Gasteiger partial charge is 0.273 e. The van der Waals surface area contributed by atoms with E-state index in [4.69, 9.17) is 18.9 Å². The summed E-state index contributed by atoms with van der Waals surface area (Å²) in [6.07, 6.45) is 0. The second-order valence-electron chi connectivity index (χ2n) is 5.61. The van der Waals surface area contributed by atoms with E-state index in [2.05, 4.69) is 4.90 Å². The number of benzene rings is 1. The SMILES string of the molecule is O=[N+]([O-])c1ccccc1CN1CCOCCOCCOCCOCC1. The third kappa shape index (κ3) is 7.89. The largest absolute Gasteiger partial charge is 0.378 e. The van der Waals surface area contributed by atoms with E-state index in [-0.39, 0.29) is 10.6 Å². The fraction of sp³-hybridized carbons (Fsp3) is 0.647. The molecule has 1 aromatic carbocycles. The van der Waals surface area contributed by atoms with E-state index in [9.17, 15) is 10.1 Å². The average Bonchev–Trinajstić information content (AvgIpc) is 2.62. The predicted octanol–water partition coefficient (Wildman–Crippen LogP) is 1.48. The zero-order valence-corrected chi connectivity index (χ0v) is 14.4. The van der Waals surface area contributed by atoms with Crippen molar-refractivity contribution < 1.29 is 23.9 Å². The molecule has 1 aliphatic rings. The summed E-state index contributed by atoms with van der Waals surface area (Å²) in [5, 5.41) is 11.2. The van der Waals surface area contributed by atoms with Crippen LogP contribution in [0.3, 0.4) is 0 Å². The molecule has 0 saturated carbocycles. The molecule has 0 aromatic heterocycles. The van der Waals surface area contributed by atoms with Crippen LogP contribution in [0.1, 0.15) is 5.56 Å². The molecule has 0 amide bonds. The van der Waals surface area contributed by atoms with Gasteiger partial charge in [0.15, 0.2) is 0 Å². The van der Waals surface area contributed by atoms with Gasteiger partial charge in [0.05, 0.1) is 57.8 Å². The van der Waals surface area contributed by atoms with Gasteiger partial charge in [0.1, 0.15) is 0 Å². The Morgan fingerprint density at radius 2 is 1.32 bits per heavy atom. The summed E-state index contributed by atoms with van der Waals surface area (Å²) in [6, 6.07) is 6.82. The fourth-order valence-corrected chi connectivity index (χ4v) is 2.48. The molecule has 0 unspecified atom stereocenters. The minimum atomic E-state index is -0.343. The Kier molecular flexibility index (Phi) is 9.38. The maximum atomic E-state index is 11.2. The van der Waals surface area contributed by atoms with Crippen LogP contribution in [0.4, 0.5) is 5.69 Å². The first-order valence-corrected chi connectivity index (χ1v) is 8.53. The quantitative estimate of drug-likeness (QED) is 0.600. The molecule has 1 saturated heterocycles. The molecule has 140 valence electrons. The Morgan fingerprint density at radius 1 is 0.840 bits per heavy atom. The summed E-state index contributed by atoms with van der Waals surface area (Å²) in [4.78, 5) is 12.9. The molecular formula is C17H26N2O6. The van der Waals surface area contributed by atoms with Crippen LogP contribution >= 0.6 is 0 Å². The zero-order valence-electron chi connectivity index (χ0n) is 14.4. The molecule has 1 aliphatic heterocycles. The predicted molar refractivity (Wildman–Crippen MR) is 91.6 cm³/mol. The normalized spacial score (nSPS) is 19.7. The number of hydrogen-bond acceptors (Lipinski definition) is 7. The maximum Gasteiger partial charge on any atom is 0.273 e. The summed E-state index contributed by atoms with van der Waals surface area (Å²) in [6.45, 7) is 6.12. The Labute approximate surface area is 147 Å².